The van der Waals surface area contributed by atoms with Crippen molar-refractivity contribution in [1.29, 1.82) is 0 Å². The Bertz CT molecular complexity index is 679. The molecule has 0 aliphatic carbocycles. The number of carbonyl (C=O) groups excluding carboxylic acids is 2. The van der Waals surface area contributed by atoms with Gasteiger partial charge in [0.25, 0.3) is 0 Å². The molecule has 0 saturated carbocycles. The first kappa shape index (κ1) is 17.5. The van der Waals surface area contributed by atoms with Crippen LogP contribution in [0.2, 0.25) is 0 Å². The first-order valence-corrected chi connectivity index (χ1v) is 7.83. The maximum absolute atomic E-state index is 12.1. The first-order chi connectivity index (χ1) is 11.6. The number of nitrogens with one attached hydrogen (secondary N) is 2. The summed E-state index contributed by atoms with van der Waals surface area (Å²) in [6.07, 6.45) is 1.45. The highest BCUT2D eigenvalue weighted by atomic mass is 16.5. The fraction of sp³-hybridized carbons (Fsp3) is 0.263. The number of ether oxygens (including phenoxy) is 1. The average Bonchev–Trinajstić information content (AvgIpc) is 2.61. The predicted octanol–water partition coefficient (Wildman–Crippen LogP) is 2.56. The Morgan fingerprint density at radius 1 is 0.917 bits per heavy atom. The molecular formula is C19H22N2O3. The summed E-state index contributed by atoms with van der Waals surface area (Å²) in [5.41, 5.74) is 2.74. The van der Waals surface area contributed by atoms with Crippen molar-refractivity contribution in [1.82, 2.24) is 5.32 Å². The molecule has 126 valence electrons. The van der Waals surface area contributed by atoms with E-state index in [4.69, 9.17) is 4.74 Å². The van der Waals surface area contributed by atoms with Gasteiger partial charge in [0.05, 0.1) is 13.5 Å². The summed E-state index contributed by atoms with van der Waals surface area (Å²) in [5, 5.41) is 5.47. The van der Waals surface area contributed by atoms with Gasteiger partial charge in [0.1, 0.15) is 5.75 Å². The van der Waals surface area contributed by atoms with E-state index >= 15 is 0 Å². The van der Waals surface area contributed by atoms with Gasteiger partial charge in [0.2, 0.25) is 11.8 Å². The van der Waals surface area contributed by atoms with Crippen molar-refractivity contribution in [2.24, 2.45) is 0 Å². The van der Waals surface area contributed by atoms with Crippen molar-refractivity contribution in [2.45, 2.75) is 19.3 Å². The molecule has 2 aromatic rings. The van der Waals surface area contributed by atoms with E-state index in [0.29, 0.717) is 19.3 Å². The molecule has 0 spiro atoms. The Kier molecular flexibility index (Phi) is 6.37. The van der Waals surface area contributed by atoms with E-state index in [2.05, 4.69) is 10.6 Å². The van der Waals surface area contributed by atoms with Crippen LogP contribution in [0.5, 0.6) is 5.75 Å². The predicted molar refractivity (Wildman–Crippen MR) is 94.2 cm³/mol. The van der Waals surface area contributed by atoms with E-state index in [9.17, 15) is 9.59 Å². The Balaban J connectivity index is 1.85. The van der Waals surface area contributed by atoms with E-state index in [1.54, 1.807) is 14.2 Å². The molecule has 0 aromatic heterocycles. The molecule has 0 bridgehead atoms. The van der Waals surface area contributed by atoms with Gasteiger partial charge in [0.15, 0.2) is 0 Å². The highest BCUT2D eigenvalue weighted by molar-refractivity contribution is 5.92. The summed E-state index contributed by atoms with van der Waals surface area (Å²) in [4.78, 5) is 23.3. The normalized spacial score (nSPS) is 10.1. The van der Waals surface area contributed by atoms with Gasteiger partial charge in [-0.1, -0.05) is 24.3 Å². The highest BCUT2D eigenvalue weighted by Gasteiger charge is 2.05. The second kappa shape index (κ2) is 8.72. The molecule has 0 atom stereocenters. The standard InChI is InChI=1S/C19H22N2O3/c1-20-18(22)12-7-14-3-8-16(9-4-14)21-19(23)13-15-5-10-17(24-2)11-6-15/h3-6,8-11H,7,12-13H2,1-2H3,(H,20,22)(H,21,23). The van der Waals surface area contributed by atoms with Crippen LogP contribution in [0.1, 0.15) is 17.5 Å². The molecule has 5 nitrogen and oxygen atoms in total. The number of amides is 2. The van der Waals surface area contributed by atoms with Crippen LogP contribution >= 0.6 is 0 Å². The van der Waals surface area contributed by atoms with Crippen molar-refractivity contribution in [2.75, 3.05) is 19.5 Å². The topological polar surface area (TPSA) is 67.4 Å². The Labute approximate surface area is 142 Å². The van der Waals surface area contributed by atoms with Crippen molar-refractivity contribution in [3.05, 3.63) is 59.7 Å². The minimum atomic E-state index is -0.0710. The van der Waals surface area contributed by atoms with E-state index in [1.165, 1.54) is 0 Å². The number of carbonyl (C=O) groups is 2. The Morgan fingerprint density at radius 2 is 1.54 bits per heavy atom. The average molecular weight is 326 g/mol. The van der Waals surface area contributed by atoms with Gasteiger partial charge in [-0.15, -0.1) is 0 Å². The lowest BCUT2D eigenvalue weighted by Gasteiger charge is -2.07. The molecule has 5 heteroatoms. The van der Waals surface area contributed by atoms with E-state index in [1.807, 2.05) is 48.5 Å². The van der Waals surface area contributed by atoms with Crippen molar-refractivity contribution in [3.8, 4) is 5.75 Å². The van der Waals surface area contributed by atoms with Crippen molar-refractivity contribution < 1.29 is 14.3 Å². The zero-order valence-corrected chi connectivity index (χ0v) is 14.0. The lowest BCUT2D eigenvalue weighted by molar-refractivity contribution is -0.120. The van der Waals surface area contributed by atoms with Crippen LogP contribution in [0.25, 0.3) is 0 Å². The number of benzene rings is 2. The van der Waals surface area contributed by atoms with Crippen LogP contribution < -0.4 is 15.4 Å². The van der Waals surface area contributed by atoms with Gasteiger partial charge >= 0.3 is 0 Å². The number of aryl methyl sites for hydroxylation is 1. The number of anilines is 1. The van der Waals surface area contributed by atoms with Crippen LogP contribution in [-0.2, 0) is 22.4 Å². The summed E-state index contributed by atoms with van der Waals surface area (Å²) >= 11 is 0. The molecule has 0 unspecified atom stereocenters. The van der Waals surface area contributed by atoms with E-state index in [0.717, 1.165) is 22.6 Å². The monoisotopic (exact) mass is 326 g/mol. The summed E-state index contributed by atoms with van der Waals surface area (Å²) in [6, 6.07) is 15.0. The summed E-state index contributed by atoms with van der Waals surface area (Å²) in [6.45, 7) is 0. The molecule has 2 N–H and O–H groups in total. The number of hydrogen-bond donors (Lipinski definition) is 2. The fourth-order valence-electron chi connectivity index (χ4n) is 2.27. The molecule has 0 saturated heterocycles. The maximum Gasteiger partial charge on any atom is 0.228 e. The van der Waals surface area contributed by atoms with Crippen LogP contribution in [0, 0.1) is 0 Å². The zero-order chi connectivity index (χ0) is 17.4. The molecule has 2 amide bonds. The van der Waals surface area contributed by atoms with Crippen molar-refractivity contribution >= 4 is 17.5 Å². The molecule has 0 radical (unpaired) electrons. The summed E-state index contributed by atoms with van der Waals surface area (Å²) < 4.78 is 5.10. The molecule has 0 aliphatic heterocycles. The van der Waals surface area contributed by atoms with Crippen LogP contribution in [0.4, 0.5) is 5.69 Å². The molecule has 24 heavy (non-hydrogen) atoms. The maximum atomic E-state index is 12.1. The number of methoxy groups -OCH3 is 1. The number of rotatable bonds is 7. The smallest absolute Gasteiger partial charge is 0.228 e. The SMILES string of the molecule is CNC(=O)CCc1ccc(NC(=O)Cc2ccc(OC)cc2)cc1. The van der Waals surface area contributed by atoms with Crippen LogP contribution in [0.3, 0.4) is 0 Å². The first-order valence-electron chi connectivity index (χ1n) is 7.83. The van der Waals surface area contributed by atoms with Gasteiger partial charge in [0, 0.05) is 19.2 Å². The second-order valence-electron chi connectivity index (χ2n) is 5.44. The third kappa shape index (κ3) is 5.43. The zero-order valence-electron chi connectivity index (χ0n) is 14.0. The largest absolute Gasteiger partial charge is 0.497 e. The quantitative estimate of drug-likeness (QED) is 0.822. The number of hydrogen-bond acceptors (Lipinski definition) is 3. The van der Waals surface area contributed by atoms with Gasteiger partial charge in [-0.3, -0.25) is 9.59 Å². The molecule has 2 aromatic carbocycles. The Hall–Kier alpha value is -2.82. The fourth-order valence-corrected chi connectivity index (χ4v) is 2.27. The van der Waals surface area contributed by atoms with Gasteiger partial charge in [-0.2, -0.15) is 0 Å². The molecule has 0 aliphatic rings. The Morgan fingerprint density at radius 3 is 2.12 bits per heavy atom. The van der Waals surface area contributed by atoms with E-state index in [-0.39, 0.29) is 11.8 Å². The third-order valence-electron chi connectivity index (χ3n) is 3.68. The minimum Gasteiger partial charge on any atom is -0.497 e. The van der Waals surface area contributed by atoms with Crippen molar-refractivity contribution in [3.63, 3.8) is 0 Å². The molecule has 2 rings (SSSR count). The van der Waals surface area contributed by atoms with Crippen LogP contribution in [-0.4, -0.2) is 26.0 Å². The van der Waals surface area contributed by atoms with Gasteiger partial charge < -0.3 is 15.4 Å². The lowest BCUT2D eigenvalue weighted by atomic mass is 10.1. The highest BCUT2D eigenvalue weighted by Crippen LogP contribution is 2.14. The van der Waals surface area contributed by atoms with Crippen LogP contribution in [0.15, 0.2) is 48.5 Å². The van der Waals surface area contributed by atoms with E-state index < -0.39 is 0 Å². The molecule has 0 fully saturated rings. The van der Waals surface area contributed by atoms with Gasteiger partial charge in [-0.25, -0.2) is 0 Å². The minimum absolute atomic E-state index is 0.0203. The van der Waals surface area contributed by atoms with Gasteiger partial charge in [-0.05, 0) is 41.8 Å². The second-order valence-corrected chi connectivity index (χ2v) is 5.44. The molecular weight excluding hydrogens is 304 g/mol. The lowest BCUT2D eigenvalue weighted by Crippen LogP contribution is -2.18. The summed E-state index contributed by atoms with van der Waals surface area (Å²) in [5.74, 6) is 0.719. The molecule has 0 heterocycles. The third-order valence-corrected chi connectivity index (χ3v) is 3.68. The summed E-state index contributed by atoms with van der Waals surface area (Å²) in [7, 11) is 3.24.